The second kappa shape index (κ2) is 11.0. The fourth-order valence-electron chi connectivity index (χ4n) is 5.75. The lowest BCUT2D eigenvalue weighted by atomic mass is 9.90. The lowest BCUT2D eigenvalue weighted by Gasteiger charge is -2.39. The molecular formula is C32H30N6O3. The third-order valence-electron chi connectivity index (χ3n) is 8.01. The van der Waals surface area contributed by atoms with E-state index in [1.54, 1.807) is 13.0 Å². The molecule has 0 saturated carbocycles. The predicted molar refractivity (Wildman–Crippen MR) is 155 cm³/mol. The SMILES string of the molecule is Cc1nc2cccc(NCc3ccc(CN4CC(c5ccc(C#N)cc5)C4)cc3)c2c(=O)n1C1CCC(=O)NC1=O. The zero-order valence-corrected chi connectivity index (χ0v) is 22.8. The van der Waals surface area contributed by atoms with Crippen LogP contribution in [0.1, 0.15) is 52.9 Å². The van der Waals surface area contributed by atoms with Gasteiger partial charge in [0.15, 0.2) is 0 Å². The van der Waals surface area contributed by atoms with Gasteiger partial charge in [-0.25, -0.2) is 4.98 Å². The van der Waals surface area contributed by atoms with Gasteiger partial charge in [-0.15, -0.1) is 0 Å². The van der Waals surface area contributed by atoms with Crippen molar-refractivity contribution in [3.8, 4) is 6.07 Å². The number of carbonyl (C=O) groups is 2. The van der Waals surface area contributed by atoms with E-state index >= 15 is 0 Å². The number of nitrogens with one attached hydrogen (secondary N) is 2. The Balaban J connectivity index is 1.11. The van der Waals surface area contributed by atoms with E-state index in [9.17, 15) is 14.4 Å². The fourth-order valence-corrected chi connectivity index (χ4v) is 5.75. The van der Waals surface area contributed by atoms with Crippen LogP contribution in [0.3, 0.4) is 0 Å². The zero-order valence-electron chi connectivity index (χ0n) is 22.8. The summed E-state index contributed by atoms with van der Waals surface area (Å²) in [5.41, 5.74) is 5.21. The quantitative estimate of drug-likeness (QED) is 0.339. The normalized spacial score (nSPS) is 17.6. The number of hydrogen-bond acceptors (Lipinski definition) is 7. The van der Waals surface area contributed by atoms with E-state index < -0.39 is 11.9 Å². The van der Waals surface area contributed by atoms with Crippen LogP contribution in [0.4, 0.5) is 5.69 Å². The van der Waals surface area contributed by atoms with Crippen LogP contribution in [0, 0.1) is 18.3 Å². The Morgan fingerprint density at radius 2 is 1.73 bits per heavy atom. The van der Waals surface area contributed by atoms with Gasteiger partial charge in [0.05, 0.1) is 22.5 Å². The largest absolute Gasteiger partial charge is 0.380 e. The maximum atomic E-state index is 13.6. The molecule has 0 spiro atoms. The third-order valence-corrected chi connectivity index (χ3v) is 8.01. The molecule has 0 bridgehead atoms. The van der Waals surface area contributed by atoms with Gasteiger partial charge < -0.3 is 5.32 Å². The Morgan fingerprint density at radius 1 is 1.00 bits per heavy atom. The first kappa shape index (κ1) is 26.4. The number of likely N-dealkylation sites (tertiary alicyclic amines) is 1. The van der Waals surface area contributed by atoms with Crippen LogP contribution in [-0.4, -0.2) is 39.4 Å². The molecular weight excluding hydrogens is 516 g/mol. The summed E-state index contributed by atoms with van der Waals surface area (Å²) in [6, 6.07) is 23.2. The van der Waals surface area contributed by atoms with Gasteiger partial charge in [-0.05, 0) is 54.3 Å². The summed E-state index contributed by atoms with van der Waals surface area (Å²) in [7, 11) is 0. The van der Waals surface area contributed by atoms with Gasteiger partial charge in [0.1, 0.15) is 11.9 Å². The lowest BCUT2D eigenvalue weighted by Crippen LogP contribution is -2.45. The first-order valence-corrected chi connectivity index (χ1v) is 13.8. The van der Waals surface area contributed by atoms with Gasteiger partial charge in [-0.1, -0.05) is 42.5 Å². The number of carbonyl (C=O) groups excluding carboxylic acids is 2. The molecule has 2 fully saturated rings. The maximum Gasteiger partial charge on any atom is 0.264 e. The Morgan fingerprint density at radius 3 is 2.44 bits per heavy atom. The van der Waals surface area contributed by atoms with Crippen LogP contribution in [0.25, 0.3) is 10.9 Å². The molecule has 1 aromatic heterocycles. The number of rotatable bonds is 7. The van der Waals surface area contributed by atoms with Crippen LogP contribution >= 0.6 is 0 Å². The van der Waals surface area contributed by atoms with Crippen molar-refractivity contribution in [2.75, 3.05) is 18.4 Å². The average molecular weight is 547 g/mol. The molecule has 1 unspecified atom stereocenters. The Kier molecular flexibility index (Phi) is 7.08. The summed E-state index contributed by atoms with van der Waals surface area (Å²) in [4.78, 5) is 44.8. The minimum Gasteiger partial charge on any atom is -0.380 e. The van der Waals surface area contributed by atoms with Crippen molar-refractivity contribution in [1.29, 1.82) is 5.26 Å². The van der Waals surface area contributed by atoms with Crippen molar-refractivity contribution < 1.29 is 9.59 Å². The average Bonchev–Trinajstić information content (AvgIpc) is 2.95. The number of imide groups is 1. The number of aryl methyl sites for hydroxylation is 1. The molecule has 0 radical (unpaired) electrons. The Bertz CT molecular complexity index is 1730. The highest BCUT2D eigenvalue weighted by molar-refractivity contribution is 5.99. The van der Waals surface area contributed by atoms with E-state index in [-0.39, 0.29) is 24.3 Å². The number of aromatic nitrogens is 2. The highest BCUT2D eigenvalue weighted by Crippen LogP contribution is 2.29. The third kappa shape index (κ3) is 5.34. The second-order valence-electron chi connectivity index (χ2n) is 10.8. The molecule has 2 aliphatic rings. The van der Waals surface area contributed by atoms with Crippen LogP contribution in [0.2, 0.25) is 0 Å². The molecule has 206 valence electrons. The van der Waals surface area contributed by atoms with Crippen molar-refractivity contribution >= 4 is 28.4 Å². The van der Waals surface area contributed by atoms with E-state index in [1.165, 1.54) is 15.7 Å². The number of nitriles is 1. The second-order valence-corrected chi connectivity index (χ2v) is 10.8. The lowest BCUT2D eigenvalue weighted by molar-refractivity contribution is -0.135. The molecule has 0 aliphatic carbocycles. The summed E-state index contributed by atoms with van der Waals surface area (Å²) in [6.07, 6.45) is 0.458. The molecule has 3 aromatic carbocycles. The molecule has 3 heterocycles. The molecule has 1 atom stereocenters. The molecule has 2 saturated heterocycles. The van der Waals surface area contributed by atoms with Crippen LogP contribution in [0.15, 0.2) is 71.5 Å². The number of benzene rings is 3. The topological polar surface area (TPSA) is 120 Å². The van der Waals surface area contributed by atoms with Crippen molar-refractivity contribution in [2.45, 2.75) is 44.8 Å². The Hall–Kier alpha value is -4.81. The Labute approximate surface area is 237 Å². The number of hydrogen-bond donors (Lipinski definition) is 2. The first-order valence-electron chi connectivity index (χ1n) is 13.8. The van der Waals surface area contributed by atoms with Gasteiger partial charge >= 0.3 is 0 Å². The molecule has 41 heavy (non-hydrogen) atoms. The summed E-state index contributed by atoms with van der Waals surface area (Å²) in [5, 5.41) is 15.1. The monoisotopic (exact) mass is 546 g/mol. The number of anilines is 1. The number of amides is 2. The zero-order chi connectivity index (χ0) is 28.5. The minimum atomic E-state index is -0.761. The van der Waals surface area contributed by atoms with Gasteiger partial charge in [0, 0.05) is 44.2 Å². The van der Waals surface area contributed by atoms with Crippen molar-refractivity contribution in [3.63, 3.8) is 0 Å². The smallest absolute Gasteiger partial charge is 0.264 e. The minimum absolute atomic E-state index is 0.186. The highest BCUT2D eigenvalue weighted by atomic mass is 16.2. The van der Waals surface area contributed by atoms with E-state index in [2.05, 4.69) is 63.0 Å². The fraction of sp³-hybridized carbons (Fsp3) is 0.281. The van der Waals surface area contributed by atoms with E-state index in [4.69, 9.17) is 5.26 Å². The van der Waals surface area contributed by atoms with Gasteiger partial charge in [-0.3, -0.25) is 29.2 Å². The first-order chi connectivity index (χ1) is 19.9. The van der Waals surface area contributed by atoms with Crippen molar-refractivity contribution in [1.82, 2.24) is 19.8 Å². The van der Waals surface area contributed by atoms with Crippen LogP contribution < -0.4 is 16.2 Å². The number of piperidine rings is 1. The van der Waals surface area contributed by atoms with E-state index in [1.807, 2.05) is 24.3 Å². The van der Waals surface area contributed by atoms with Crippen LogP contribution in [-0.2, 0) is 22.7 Å². The van der Waals surface area contributed by atoms with Crippen molar-refractivity contribution in [2.24, 2.45) is 0 Å². The summed E-state index contributed by atoms with van der Waals surface area (Å²) < 4.78 is 1.41. The summed E-state index contributed by atoms with van der Waals surface area (Å²) in [6.45, 7) is 5.12. The summed E-state index contributed by atoms with van der Waals surface area (Å²) in [5.74, 6) is 0.150. The molecule has 2 N–H and O–H groups in total. The number of nitrogens with zero attached hydrogens (tertiary/aromatic N) is 4. The molecule has 9 heteroatoms. The van der Waals surface area contributed by atoms with Gasteiger partial charge in [0.2, 0.25) is 11.8 Å². The van der Waals surface area contributed by atoms with Crippen molar-refractivity contribution in [3.05, 3.63) is 105 Å². The van der Waals surface area contributed by atoms with E-state index in [0.29, 0.717) is 40.4 Å². The predicted octanol–water partition coefficient (Wildman–Crippen LogP) is 3.77. The highest BCUT2D eigenvalue weighted by Gasteiger charge is 2.31. The molecule has 9 nitrogen and oxygen atoms in total. The summed E-state index contributed by atoms with van der Waals surface area (Å²) >= 11 is 0. The number of fused-ring (bicyclic) bond motifs is 1. The van der Waals surface area contributed by atoms with Gasteiger partial charge in [-0.2, -0.15) is 5.26 Å². The molecule has 2 aliphatic heterocycles. The maximum absolute atomic E-state index is 13.6. The molecule has 2 amide bonds. The molecule has 6 rings (SSSR count). The molecule has 4 aromatic rings. The van der Waals surface area contributed by atoms with E-state index in [0.717, 1.165) is 25.2 Å². The standard InChI is InChI=1S/C32H30N6O3/c1-20-35-27-4-2-3-26(30(27)32(41)38(20)28-13-14-29(39)36-31(28)40)34-16-22-5-7-23(8-6-22)17-37-18-25(19-37)24-11-9-21(15-33)10-12-24/h2-12,25,28,34H,13-14,16-19H2,1H3,(H,36,39,40). The van der Waals surface area contributed by atoms with Crippen LogP contribution in [0.5, 0.6) is 0 Å². The van der Waals surface area contributed by atoms with Gasteiger partial charge in [0.25, 0.3) is 5.56 Å².